The summed E-state index contributed by atoms with van der Waals surface area (Å²) in [6.07, 6.45) is 7.81. The molecule has 2 N–H and O–H groups in total. The first-order chi connectivity index (χ1) is 11.3. The second-order valence-corrected chi connectivity index (χ2v) is 6.94. The molecule has 0 aromatic heterocycles. The van der Waals surface area contributed by atoms with Crippen LogP contribution >= 0.6 is 0 Å². The molecule has 0 unspecified atom stereocenters. The predicted molar refractivity (Wildman–Crippen MR) is 95.3 cm³/mol. The lowest BCUT2D eigenvalue weighted by Crippen LogP contribution is -2.36. The van der Waals surface area contributed by atoms with Crippen molar-refractivity contribution in [3.63, 3.8) is 0 Å². The molecule has 2 fully saturated rings. The monoisotopic (exact) mass is 314 g/mol. The maximum Gasteiger partial charge on any atom is 0.111 e. The smallest absolute Gasteiger partial charge is 0.111 e. The second-order valence-electron chi connectivity index (χ2n) is 6.94. The largest absolute Gasteiger partial charge is 0.493 e. The van der Waals surface area contributed by atoms with Crippen molar-refractivity contribution in [3.8, 4) is 0 Å². The molecule has 1 aromatic carbocycles. The van der Waals surface area contributed by atoms with Crippen LogP contribution in [0.5, 0.6) is 0 Å². The number of ether oxygens (including phenoxy) is 1. The summed E-state index contributed by atoms with van der Waals surface area (Å²) < 4.78 is 6.20. The number of piperidine rings is 1. The van der Waals surface area contributed by atoms with E-state index in [1.54, 1.807) is 0 Å². The topological polar surface area (TPSA) is 33.3 Å². The Hall–Kier alpha value is -1.32. The molecule has 0 spiro atoms. The van der Waals surface area contributed by atoms with Crippen molar-refractivity contribution in [1.82, 2.24) is 10.6 Å². The molecule has 1 atom stereocenters. The van der Waals surface area contributed by atoms with Gasteiger partial charge in [0, 0.05) is 0 Å². The summed E-state index contributed by atoms with van der Waals surface area (Å²) in [4.78, 5) is 0. The molecule has 0 amide bonds. The lowest BCUT2D eigenvalue weighted by Gasteiger charge is -2.28. The average Bonchev–Trinajstić information content (AvgIpc) is 3.10. The first-order valence-electron chi connectivity index (χ1n) is 9.17. The zero-order valence-corrected chi connectivity index (χ0v) is 14.1. The first-order valence-corrected chi connectivity index (χ1v) is 9.17. The van der Waals surface area contributed by atoms with Gasteiger partial charge in [0.15, 0.2) is 0 Å². The highest BCUT2D eigenvalue weighted by Gasteiger charge is 2.23. The van der Waals surface area contributed by atoms with Gasteiger partial charge < -0.3 is 15.4 Å². The molecule has 2 aliphatic rings. The van der Waals surface area contributed by atoms with Gasteiger partial charge in [-0.25, -0.2) is 0 Å². The van der Waals surface area contributed by atoms with E-state index in [4.69, 9.17) is 4.74 Å². The summed E-state index contributed by atoms with van der Waals surface area (Å²) in [6, 6.07) is 10.7. The highest BCUT2D eigenvalue weighted by Crippen LogP contribution is 2.28. The fourth-order valence-electron chi connectivity index (χ4n) is 3.72. The van der Waals surface area contributed by atoms with Crippen LogP contribution in [0.4, 0.5) is 0 Å². The minimum absolute atomic E-state index is 0.103. The molecular weight excluding hydrogens is 284 g/mol. The summed E-state index contributed by atoms with van der Waals surface area (Å²) in [7, 11) is 0. The third-order valence-corrected chi connectivity index (χ3v) is 5.14. The van der Waals surface area contributed by atoms with Crippen molar-refractivity contribution in [2.75, 3.05) is 19.6 Å². The third-order valence-electron chi connectivity index (χ3n) is 5.14. The standard InChI is InChI=1S/C20H30N2O/c1-16(23-19-9-5-6-10-19)20(18-7-3-2-4-8-18)22-15-17-11-13-21-14-12-17/h2-4,7-8,17,19-22H,1,5-6,9-15H2/t20-/m1/s1. The zero-order valence-electron chi connectivity index (χ0n) is 14.1. The summed E-state index contributed by atoms with van der Waals surface area (Å²) >= 11 is 0. The zero-order chi connectivity index (χ0) is 15.9. The molecular formula is C20H30N2O. The number of hydrogen-bond donors (Lipinski definition) is 2. The third kappa shape index (κ3) is 4.82. The lowest BCUT2D eigenvalue weighted by molar-refractivity contribution is 0.104. The van der Waals surface area contributed by atoms with Gasteiger partial charge in [-0.2, -0.15) is 0 Å². The fourth-order valence-corrected chi connectivity index (χ4v) is 3.72. The van der Waals surface area contributed by atoms with E-state index in [0.717, 1.165) is 31.3 Å². The summed E-state index contributed by atoms with van der Waals surface area (Å²) in [6.45, 7) is 7.58. The molecule has 1 heterocycles. The highest BCUT2D eigenvalue weighted by atomic mass is 16.5. The van der Waals surface area contributed by atoms with Crippen LogP contribution in [0, 0.1) is 5.92 Å². The molecule has 1 aliphatic carbocycles. The molecule has 0 bridgehead atoms. The van der Waals surface area contributed by atoms with Crippen LogP contribution in [0.2, 0.25) is 0 Å². The van der Waals surface area contributed by atoms with Crippen molar-refractivity contribution in [3.05, 3.63) is 48.2 Å². The molecule has 3 heteroatoms. The number of rotatable bonds is 7. The first kappa shape index (κ1) is 16.5. The Kier molecular flexibility index (Phi) is 6.12. The van der Waals surface area contributed by atoms with E-state index in [-0.39, 0.29) is 6.04 Å². The number of nitrogens with one attached hydrogen (secondary N) is 2. The number of benzene rings is 1. The van der Waals surface area contributed by atoms with Crippen LogP contribution < -0.4 is 10.6 Å². The summed E-state index contributed by atoms with van der Waals surface area (Å²) in [5, 5.41) is 7.16. The quantitative estimate of drug-likeness (QED) is 0.751. The Morgan fingerprint density at radius 2 is 1.83 bits per heavy atom. The van der Waals surface area contributed by atoms with Crippen LogP contribution in [-0.4, -0.2) is 25.7 Å². The Bertz CT molecular complexity index is 476. The van der Waals surface area contributed by atoms with Gasteiger partial charge in [-0.15, -0.1) is 0 Å². The SMILES string of the molecule is C=C(OC1CCCC1)[C@@H](NCC1CCNCC1)c1ccccc1. The van der Waals surface area contributed by atoms with Crippen molar-refractivity contribution >= 4 is 0 Å². The number of hydrogen-bond acceptors (Lipinski definition) is 3. The van der Waals surface area contributed by atoms with Gasteiger partial charge in [-0.05, 0) is 69.6 Å². The summed E-state index contributed by atoms with van der Waals surface area (Å²) in [5.41, 5.74) is 1.25. The van der Waals surface area contributed by atoms with Gasteiger partial charge in [-0.3, -0.25) is 0 Å². The van der Waals surface area contributed by atoms with E-state index in [2.05, 4.69) is 47.5 Å². The maximum absolute atomic E-state index is 6.20. The minimum atomic E-state index is 0.103. The Morgan fingerprint density at radius 1 is 1.13 bits per heavy atom. The van der Waals surface area contributed by atoms with Crippen molar-refractivity contribution in [2.45, 2.75) is 50.7 Å². The van der Waals surface area contributed by atoms with Gasteiger partial charge in [-0.1, -0.05) is 36.9 Å². The van der Waals surface area contributed by atoms with Gasteiger partial charge in [0.05, 0.1) is 12.1 Å². The van der Waals surface area contributed by atoms with E-state index in [0.29, 0.717) is 6.10 Å². The molecule has 3 nitrogen and oxygen atoms in total. The van der Waals surface area contributed by atoms with E-state index in [1.807, 2.05) is 0 Å². The Labute approximate surface area is 140 Å². The van der Waals surface area contributed by atoms with Crippen LogP contribution in [-0.2, 0) is 4.74 Å². The van der Waals surface area contributed by atoms with Gasteiger partial charge in [0.1, 0.15) is 5.76 Å². The Morgan fingerprint density at radius 3 is 2.52 bits per heavy atom. The minimum Gasteiger partial charge on any atom is -0.493 e. The van der Waals surface area contributed by atoms with Gasteiger partial charge in [0.25, 0.3) is 0 Å². The molecule has 23 heavy (non-hydrogen) atoms. The Balaban J connectivity index is 1.61. The highest BCUT2D eigenvalue weighted by molar-refractivity contribution is 5.24. The van der Waals surface area contributed by atoms with Gasteiger partial charge in [0.2, 0.25) is 0 Å². The van der Waals surface area contributed by atoms with Crippen molar-refractivity contribution in [2.24, 2.45) is 5.92 Å². The van der Waals surface area contributed by atoms with Crippen LogP contribution in [0.3, 0.4) is 0 Å². The summed E-state index contributed by atoms with van der Waals surface area (Å²) in [5.74, 6) is 1.64. The van der Waals surface area contributed by atoms with Gasteiger partial charge >= 0.3 is 0 Å². The average molecular weight is 314 g/mol. The lowest BCUT2D eigenvalue weighted by atomic mass is 9.97. The van der Waals surface area contributed by atoms with E-state index in [9.17, 15) is 0 Å². The molecule has 1 aromatic rings. The van der Waals surface area contributed by atoms with Crippen molar-refractivity contribution in [1.29, 1.82) is 0 Å². The molecule has 126 valence electrons. The van der Waals surface area contributed by atoms with E-state index in [1.165, 1.54) is 44.1 Å². The predicted octanol–water partition coefficient (Wildman–Crippen LogP) is 3.79. The normalized spacial score (nSPS) is 21.2. The maximum atomic E-state index is 6.20. The molecule has 1 saturated carbocycles. The molecule has 1 aliphatic heterocycles. The fraction of sp³-hybridized carbons (Fsp3) is 0.600. The second kappa shape index (κ2) is 8.51. The van der Waals surface area contributed by atoms with Crippen LogP contribution in [0.25, 0.3) is 0 Å². The van der Waals surface area contributed by atoms with Crippen molar-refractivity contribution < 1.29 is 4.74 Å². The molecule has 1 saturated heterocycles. The molecule has 0 radical (unpaired) electrons. The van der Waals surface area contributed by atoms with Crippen LogP contribution in [0.15, 0.2) is 42.7 Å². The molecule has 3 rings (SSSR count). The van der Waals surface area contributed by atoms with E-state index < -0.39 is 0 Å². The van der Waals surface area contributed by atoms with Crippen LogP contribution in [0.1, 0.15) is 50.1 Å². The van der Waals surface area contributed by atoms with E-state index >= 15 is 0 Å².